The maximum absolute atomic E-state index is 3.91. The standard InChI is InChI=1S/C40H29N3/c1-40-24-29(39-41-34-17-9-10-18-35(34)42(39)30-15-3-2-4-16-30)20-32-31-19-25-11-5-7-13-27(25)22-36(31)43(38(32)40)37-23-28-14-8-6-12-26(28)21-33(37)40/h2-24,38-39,41H,1H3. The van der Waals surface area contributed by atoms with E-state index in [2.05, 4.69) is 162 Å². The van der Waals surface area contributed by atoms with Crippen LogP contribution in [0.2, 0.25) is 0 Å². The van der Waals surface area contributed by atoms with Gasteiger partial charge in [-0.3, -0.25) is 0 Å². The van der Waals surface area contributed by atoms with Gasteiger partial charge < -0.3 is 15.1 Å². The van der Waals surface area contributed by atoms with Gasteiger partial charge in [-0.1, -0.05) is 84.9 Å². The van der Waals surface area contributed by atoms with Crippen LogP contribution in [0.1, 0.15) is 18.1 Å². The van der Waals surface area contributed by atoms with Crippen molar-refractivity contribution < 1.29 is 0 Å². The first-order chi connectivity index (χ1) is 21.2. The van der Waals surface area contributed by atoms with E-state index in [1.54, 1.807) is 0 Å². The highest BCUT2D eigenvalue weighted by Gasteiger charge is 2.55. The van der Waals surface area contributed by atoms with Crippen LogP contribution in [-0.2, 0) is 5.41 Å². The summed E-state index contributed by atoms with van der Waals surface area (Å²) < 4.78 is 0. The molecule has 6 aromatic rings. The molecule has 3 heteroatoms. The van der Waals surface area contributed by atoms with Gasteiger partial charge in [-0.05, 0) is 99.8 Å². The number of para-hydroxylation sites is 3. The predicted molar refractivity (Wildman–Crippen MR) is 180 cm³/mol. The highest BCUT2D eigenvalue weighted by atomic mass is 15.3. The van der Waals surface area contributed by atoms with Gasteiger partial charge in [-0.25, -0.2) is 0 Å². The highest BCUT2D eigenvalue weighted by Crippen LogP contribution is 2.62. The number of nitrogens with one attached hydrogen (secondary N) is 1. The van der Waals surface area contributed by atoms with Crippen LogP contribution in [0, 0.1) is 0 Å². The molecule has 4 aliphatic rings. The quantitative estimate of drug-likeness (QED) is 0.231. The minimum atomic E-state index is -0.206. The summed E-state index contributed by atoms with van der Waals surface area (Å²) in [6.45, 7) is 2.46. The minimum Gasteiger partial charge on any atom is -0.359 e. The zero-order chi connectivity index (χ0) is 28.3. The zero-order valence-corrected chi connectivity index (χ0v) is 23.8. The summed E-state index contributed by atoms with van der Waals surface area (Å²) in [6.07, 6.45) is 5.04. The van der Waals surface area contributed by atoms with E-state index in [4.69, 9.17) is 0 Å². The first-order valence-corrected chi connectivity index (χ1v) is 15.2. The predicted octanol–water partition coefficient (Wildman–Crippen LogP) is 9.70. The summed E-state index contributed by atoms with van der Waals surface area (Å²) in [7, 11) is 0. The Morgan fingerprint density at radius 3 is 2.00 bits per heavy atom. The molecule has 3 nitrogen and oxygen atoms in total. The fraction of sp³-hybridized carbons (Fsp3) is 0.100. The van der Waals surface area contributed by atoms with Crippen LogP contribution in [0.25, 0.3) is 27.1 Å². The number of hydrogen-bond donors (Lipinski definition) is 1. The summed E-state index contributed by atoms with van der Waals surface area (Å²) >= 11 is 0. The number of anilines is 5. The molecule has 3 atom stereocenters. The van der Waals surface area contributed by atoms with Crippen molar-refractivity contribution in [2.24, 2.45) is 0 Å². The molecule has 43 heavy (non-hydrogen) atoms. The fourth-order valence-corrected chi connectivity index (χ4v) is 8.26. The molecule has 10 rings (SSSR count). The highest BCUT2D eigenvalue weighted by molar-refractivity contribution is 6.06. The van der Waals surface area contributed by atoms with Crippen molar-refractivity contribution >= 4 is 55.6 Å². The molecule has 0 saturated heterocycles. The Labute approximate surface area is 251 Å². The molecule has 0 fully saturated rings. The van der Waals surface area contributed by atoms with Gasteiger partial charge in [0.25, 0.3) is 0 Å². The molecule has 1 aliphatic carbocycles. The number of fused-ring (bicyclic) bond motifs is 9. The summed E-state index contributed by atoms with van der Waals surface area (Å²) in [5.74, 6) is 0. The van der Waals surface area contributed by atoms with Gasteiger partial charge in [0, 0.05) is 22.4 Å². The van der Waals surface area contributed by atoms with Gasteiger partial charge in [-0.15, -0.1) is 0 Å². The Morgan fingerprint density at radius 2 is 1.23 bits per heavy atom. The maximum Gasteiger partial charge on any atom is 0.130 e. The van der Waals surface area contributed by atoms with E-state index in [1.807, 2.05) is 0 Å². The van der Waals surface area contributed by atoms with Crippen molar-refractivity contribution in [3.63, 3.8) is 0 Å². The second-order valence-electron chi connectivity index (χ2n) is 12.5. The molecular weight excluding hydrogens is 522 g/mol. The molecule has 0 radical (unpaired) electrons. The lowest BCUT2D eigenvalue weighted by atomic mass is 9.70. The lowest BCUT2D eigenvalue weighted by Crippen LogP contribution is -2.42. The van der Waals surface area contributed by atoms with Crippen LogP contribution < -0.4 is 15.1 Å². The lowest BCUT2D eigenvalue weighted by molar-refractivity contribution is 0.562. The van der Waals surface area contributed by atoms with Crippen molar-refractivity contribution in [3.8, 4) is 0 Å². The lowest BCUT2D eigenvalue weighted by Gasteiger charge is -2.38. The Balaban J connectivity index is 1.25. The average molecular weight is 552 g/mol. The van der Waals surface area contributed by atoms with Gasteiger partial charge in [0.2, 0.25) is 0 Å². The molecule has 6 aromatic carbocycles. The normalized spacial score (nSPS) is 22.5. The third-order valence-corrected chi connectivity index (χ3v) is 10.1. The molecule has 0 aromatic heterocycles. The van der Waals surface area contributed by atoms with Gasteiger partial charge in [-0.2, -0.15) is 0 Å². The van der Waals surface area contributed by atoms with E-state index >= 15 is 0 Å². The van der Waals surface area contributed by atoms with Gasteiger partial charge in [0.1, 0.15) is 6.17 Å². The van der Waals surface area contributed by atoms with E-state index in [0.717, 1.165) is 0 Å². The minimum absolute atomic E-state index is 0.0208. The second kappa shape index (κ2) is 8.17. The van der Waals surface area contributed by atoms with Crippen LogP contribution in [0.5, 0.6) is 0 Å². The van der Waals surface area contributed by atoms with E-state index in [1.165, 1.54) is 72.3 Å². The first kappa shape index (κ1) is 23.3. The summed E-state index contributed by atoms with van der Waals surface area (Å²) in [4.78, 5) is 5.10. The van der Waals surface area contributed by atoms with Crippen LogP contribution in [-0.4, -0.2) is 12.2 Å². The molecule has 3 aliphatic heterocycles. The van der Waals surface area contributed by atoms with Crippen LogP contribution in [0.15, 0.2) is 145 Å². The van der Waals surface area contributed by atoms with Crippen LogP contribution in [0.3, 0.4) is 0 Å². The Morgan fingerprint density at radius 1 is 0.605 bits per heavy atom. The topological polar surface area (TPSA) is 18.5 Å². The largest absolute Gasteiger partial charge is 0.359 e. The fourth-order valence-electron chi connectivity index (χ4n) is 8.26. The molecule has 3 unspecified atom stereocenters. The molecule has 0 saturated carbocycles. The molecule has 3 heterocycles. The molecule has 0 spiro atoms. The monoisotopic (exact) mass is 551 g/mol. The van der Waals surface area contributed by atoms with Crippen molar-refractivity contribution in [2.45, 2.75) is 24.5 Å². The molecule has 0 bridgehead atoms. The molecule has 204 valence electrons. The second-order valence-corrected chi connectivity index (χ2v) is 12.5. The molecule has 1 N–H and O–H groups in total. The van der Waals surface area contributed by atoms with Gasteiger partial charge in [0.15, 0.2) is 0 Å². The summed E-state index contributed by atoms with van der Waals surface area (Å²) in [5.41, 5.74) is 11.5. The zero-order valence-electron chi connectivity index (χ0n) is 23.8. The number of rotatable bonds is 2. The average Bonchev–Trinajstić information content (AvgIpc) is 3.68. The first-order valence-electron chi connectivity index (χ1n) is 15.2. The van der Waals surface area contributed by atoms with E-state index in [0.29, 0.717) is 0 Å². The Hall–Kier alpha value is -5.28. The Bertz CT molecular complexity index is 2210. The number of hydrogen-bond acceptors (Lipinski definition) is 3. The molecule has 0 amide bonds. The van der Waals surface area contributed by atoms with Crippen molar-refractivity contribution in [2.75, 3.05) is 15.1 Å². The Kier molecular flexibility index (Phi) is 4.43. The number of benzene rings is 6. The van der Waals surface area contributed by atoms with Crippen LogP contribution >= 0.6 is 0 Å². The third-order valence-electron chi connectivity index (χ3n) is 10.1. The smallest absolute Gasteiger partial charge is 0.130 e. The molecular formula is C40H29N3. The summed E-state index contributed by atoms with van der Waals surface area (Å²) in [5, 5.41) is 9.07. The van der Waals surface area contributed by atoms with Crippen molar-refractivity contribution in [1.29, 1.82) is 0 Å². The van der Waals surface area contributed by atoms with E-state index < -0.39 is 0 Å². The van der Waals surface area contributed by atoms with E-state index in [9.17, 15) is 0 Å². The summed E-state index contributed by atoms with van der Waals surface area (Å²) in [6, 6.07) is 47.0. The van der Waals surface area contributed by atoms with E-state index in [-0.39, 0.29) is 17.6 Å². The van der Waals surface area contributed by atoms with Crippen LogP contribution in [0.4, 0.5) is 28.4 Å². The SMILES string of the molecule is CC12C=C(C3Nc4ccccc4N3c3ccccc3)C=C3c4cc5ccccc5cc4N(c4cc5ccccc5cc41)C32. The number of nitrogens with zero attached hydrogens (tertiary/aromatic N) is 2. The van der Waals surface area contributed by atoms with Gasteiger partial charge >= 0.3 is 0 Å². The maximum atomic E-state index is 3.91. The third kappa shape index (κ3) is 3.04. The van der Waals surface area contributed by atoms with Crippen molar-refractivity contribution in [1.82, 2.24) is 0 Å². The van der Waals surface area contributed by atoms with Gasteiger partial charge in [0.05, 0.1) is 23.1 Å². The van der Waals surface area contributed by atoms with Crippen molar-refractivity contribution in [3.05, 3.63) is 156 Å².